The van der Waals surface area contributed by atoms with Gasteiger partial charge in [-0.3, -0.25) is 0 Å². The highest BCUT2D eigenvalue weighted by Crippen LogP contribution is 2.17. The minimum atomic E-state index is -0.700. The molecule has 0 aliphatic rings. The first-order valence-electron chi connectivity index (χ1n) is 4.69. The van der Waals surface area contributed by atoms with Crippen molar-refractivity contribution in [2.24, 2.45) is 0 Å². The Morgan fingerprint density at radius 2 is 2.20 bits per heavy atom. The molecule has 15 heavy (non-hydrogen) atoms. The number of ether oxygens (including phenoxy) is 2. The summed E-state index contributed by atoms with van der Waals surface area (Å²) in [5.41, 5.74) is -0.105. The molecular formula is C11H13FO3. The van der Waals surface area contributed by atoms with Crippen molar-refractivity contribution < 1.29 is 18.7 Å². The lowest BCUT2D eigenvalue weighted by Gasteiger charge is -2.06. The van der Waals surface area contributed by atoms with Crippen LogP contribution in [0, 0.1) is 5.82 Å². The summed E-state index contributed by atoms with van der Waals surface area (Å²) in [4.78, 5) is 11.1. The summed E-state index contributed by atoms with van der Waals surface area (Å²) in [6, 6.07) is 4.02. The van der Waals surface area contributed by atoms with E-state index in [1.807, 2.05) is 6.92 Å². The Hall–Kier alpha value is -1.58. The molecule has 0 radical (unpaired) electrons. The standard InChI is InChI=1S/C11H13FO3/c1-3-6-15-8-4-5-10(12)9(7-8)11(13)14-2/h4-5,7H,3,6H2,1-2H3. The number of esters is 1. The van der Waals surface area contributed by atoms with Crippen molar-refractivity contribution in [3.8, 4) is 5.75 Å². The maximum atomic E-state index is 13.2. The van der Waals surface area contributed by atoms with Crippen molar-refractivity contribution in [3.63, 3.8) is 0 Å². The van der Waals surface area contributed by atoms with E-state index in [1.54, 1.807) is 0 Å². The highest BCUT2D eigenvalue weighted by molar-refractivity contribution is 5.90. The molecule has 4 heteroatoms. The van der Waals surface area contributed by atoms with E-state index >= 15 is 0 Å². The third-order valence-electron chi connectivity index (χ3n) is 1.82. The van der Waals surface area contributed by atoms with E-state index in [0.29, 0.717) is 12.4 Å². The van der Waals surface area contributed by atoms with Crippen LogP contribution in [0.15, 0.2) is 18.2 Å². The van der Waals surface area contributed by atoms with Gasteiger partial charge in [-0.1, -0.05) is 6.92 Å². The van der Waals surface area contributed by atoms with Crippen LogP contribution < -0.4 is 4.74 Å². The number of carbonyl (C=O) groups is 1. The number of halogens is 1. The van der Waals surface area contributed by atoms with Crippen LogP contribution in [0.25, 0.3) is 0 Å². The minimum Gasteiger partial charge on any atom is -0.494 e. The van der Waals surface area contributed by atoms with Gasteiger partial charge >= 0.3 is 5.97 Å². The van der Waals surface area contributed by atoms with Gasteiger partial charge in [0, 0.05) is 0 Å². The second-order valence-electron chi connectivity index (χ2n) is 2.98. The molecule has 0 aliphatic heterocycles. The fourth-order valence-electron chi connectivity index (χ4n) is 1.08. The van der Waals surface area contributed by atoms with Crippen LogP contribution in [0.1, 0.15) is 23.7 Å². The minimum absolute atomic E-state index is 0.105. The third kappa shape index (κ3) is 2.94. The lowest BCUT2D eigenvalue weighted by molar-refractivity contribution is 0.0595. The van der Waals surface area contributed by atoms with Crippen molar-refractivity contribution in [2.45, 2.75) is 13.3 Å². The van der Waals surface area contributed by atoms with Gasteiger partial charge in [0.25, 0.3) is 0 Å². The van der Waals surface area contributed by atoms with Gasteiger partial charge in [0.2, 0.25) is 0 Å². The lowest BCUT2D eigenvalue weighted by Crippen LogP contribution is -2.05. The van der Waals surface area contributed by atoms with Gasteiger partial charge in [0.15, 0.2) is 0 Å². The molecule has 0 saturated heterocycles. The summed E-state index contributed by atoms with van der Waals surface area (Å²) < 4.78 is 22.9. The lowest BCUT2D eigenvalue weighted by atomic mass is 10.2. The molecule has 1 aromatic rings. The van der Waals surface area contributed by atoms with E-state index in [4.69, 9.17) is 4.74 Å². The van der Waals surface area contributed by atoms with Crippen molar-refractivity contribution in [3.05, 3.63) is 29.6 Å². The molecule has 0 fully saturated rings. The predicted octanol–water partition coefficient (Wildman–Crippen LogP) is 2.40. The first kappa shape index (κ1) is 11.5. The molecule has 0 spiro atoms. The molecule has 1 aromatic carbocycles. The summed E-state index contributed by atoms with van der Waals surface area (Å²) >= 11 is 0. The number of hydrogen-bond donors (Lipinski definition) is 0. The highest BCUT2D eigenvalue weighted by Gasteiger charge is 2.12. The first-order chi connectivity index (χ1) is 7.19. The van der Waals surface area contributed by atoms with Crippen molar-refractivity contribution >= 4 is 5.97 Å². The fourth-order valence-corrected chi connectivity index (χ4v) is 1.08. The second kappa shape index (κ2) is 5.34. The molecule has 0 aliphatic carbocycles. The molecule has 0 saturated carbocycles. The third-order valence-corrected chi connectivity index (χ3v) is 1.82. The molecule has 0 amide bonds. The maximum absolute atomic E-state index is 13.2. The Bertz CT molecular complexity index is 350. The molecule has 0 unspecified atom stereocenters. The molecule has 0 heterocycles. The van der Waals surface area contributed by atoms with Gasteiger partial charge < -0.3 is 9.47 Å². The molecule has 0 bridgehead atoms. The number of benzene rings is 1. The van der Waals surface area contributed by atoms with E-state index in [0.717, 1.165) is 6.42 Å². The number of hydrogen-bond acceptors (Lipinski definition) is 3. The number of methoxy groups -OCH3 is 1. The molecule has 0 aromatic heterocycles. The highest BCUT2D eigenvalue weighted by atomic mass is 19.1. The quantitative estimate of drug-likeness (QED) is 0.719. The Kier molecular flexibility index (Phi) is 4.09. The Morgan fingerprint density at radius 1 is 1.47 bits per heavy atom. The van der Waals surface area contributed by atoms with Crippen LogP contribution in [-0.4, -0.2) is 19.7 Å². The first-order valence-corrected chi connectivity index (χ1v) is 4.69. The van der Waals surface area contributed by atoms with E-state index in [-0.39, 0.29) is 5.56 Å². The maximum Gasteiger partial charge on any atom is 0.340 e. The van der Waals surface area contributed by atoms with E-state index in [2.05, 4.69) is 4.74 Å². The predicted molar refractivity (Wildman–Crippen MR) is 53.5 cm³/mol. The topological polar surface area (TPSA) is 35.5 Å². The SMILES string of the molecule is CCCOc1ccc(F)c(C(=O)OC)c1. The monoisotopic (exact) mass is 212 g/mol. The Morgan fingerprint density at radius 3 is 2.80 bits per heavy atom. The summed E-state index contributed by atoms with van der Waals surface area (Å²) in [5.74, 6) is -0.834. The summed E-state index contributed by atoms with van der Waals surface area (Å²) in [6.45, 7) is 2.50. The zero-order chi connectivity index (χ0) is 11.3. The number of rotatable bonds is 4. The molecule has 1 rings (SSSR count). The smallest absolute Gasteiger partial charge is 0.340 e. The second-order valence-corrected chi connectivity index (χ2v) is 2.98. The van der Waals surface area contributed by atoms with E-state index in [9.17, 15) is 9.18 Å². The average Bonchev–Trinajstić information content (AvgIpc) is 2.27. The largest absolute Gasteiger partial charge is 0.494 e. The van der Waals surface area contributed by atoms with Gasteiger partial charge in [-0.25, -0.2) is 9.18 Å². The zero-order valence-electron chi connectivity index (χ0n) is 8.75. The van der Waals surface area contributed by atoms with Gasteiger partial charge in [0.05, 0.1) is 19.3 Å². The van der Waals surface area contributed by atoms with Gasteiger partial charge in [-0.2, -0.15) is 0 Å². The van der Waals surface area contributed by atoms with Crippen LogP contribution >= 0.6 is 0 Å². The van der Waals surface area contributed by atoms with Gasteiger partial charge in [-0.15, -0.1) is 0 Å². The van der Waals surface area contributed by atoms with Crippen molar-refractivity contribution in [2.75, 3.05) is 13.7 Å². The Labute approximate surface area is 87.8 Å². The normalized spacial score (nSPS) is 9.80. The zero-order valence-corrected chi connectivity index (χ0v) is 8.75. The van der Waals surface area contributed by atoms with Crippen molar-refractivity contribution in [1.29, 1.82) is 0 Å². The molecule has 0 N–H and O–H groups in total. The number of carbonyl (C=O) groups excluding carboxylic acids is 1. The summed E-state index contributed by atoms with van der Waals surface area (Å²) in [6.07, 6.45) is 0.852. The molecule has 3 nitrogen and oxygen atoms in total. The van der Waals surface area contributed by atoms with Crippen molar-refractivity contribution in [1.82, 2.24) is 0 Å². The van der Waals surface area contributed by atoms with E-state index in [1.165, 1.54) is 25.3 Å². The van der Waals surface area contributed by atoms with E-state index < -0.39 is 11.8 Å². The van der Waals surface area contributed by atoms with Gasteiger partial charge in [0.1, 0.15) is 11.6 Å². The Balaban J connectivity index is 2.89. The van der Waals surface area contributed by atoms with Crippen LogP contribution in [-0.2, 0) is 4.74 Å². The van der Waals surface area contributed by atoms with Crippen LogP contribution in [0.4, 0.5) is 4.39 Å². The summed E-state index contributed by atoms with van der Waals surface area (Å²) in [5, 5.41) is 0. The molecular weight excluding hydrogens is 199 g/mol. The fraction of sp³-hybridized carbons (Fsp3) is 0.364. The van der Waals surface area contributed by atoms with Crippen LogP contribution in [0.5, 0.6) is 5.75 Å². The summed E-state index contributed by atoms with van der Waals surface area (Å²) in [7, 11) is 1.21. The molecule has 82 valence electrons. The van der Waals surface area contributed by atoms with Crippen LogP contribution in [0.3, 0.4) is 0 Å². The molecule has 0 atom stereocenters. The van der Waals surface area contributed by atoms with Gasteiger partial charge in [-0.05, 0) is 24.6 Å². The van der Waals surface area contributed by atoms with Crippen LogP contribution in [0.2, 0.25) is 0 Å². The average molecular weight is 212 g/mol.